The van der Waals surface area contributed by atoms with Crippen LogP contribution in [0.25, 0.3) is 10.6 Å². The minimum Gasteiger partial charge on any atom is -0.253 e. The van der Waals surface area contributed by atoms with E-state index in [1.807, 2.05) is 49.6 Å². The molecule has 0 radical (unpaired) electrons. The SMILES string of the molecule is CC1NNC(C)C1S(=O)(=O)NCCc1csc(-c2ccccc2)n1. The lowest BCUT2D eigenvalue weighted by atomic mass is 10.2. The molecule has 24 heavy (non-hydrogen) atoms. The lowest BCUT2D eigenvalue weighted by Gasteiger charge is -2.18. The Kier molecular flexibility index (Phi) is 5.31. The second-order valence-corrected chi connectivity index (χ2v) is 8.81. The van der Waals surface area contributed by atoms with Crippen LogP contribution in [0.15, 0.2) is 35.7 Å². The number of hydrogen-bond donors (Lipinski definition) is 3. The number of sulfonamides is 1. The van der Waals surface area contributed by atoms with Gasteiger partial charge in [0.1, 0.15) is 10.3 Å². The van der Waals surface area contributed by atoms with Crippen LogP contribution >= 0.6 is 11.3 Å². The highest BCUT2D eigenvalue weighted by Gasteiger charge is 2.39. The van der Waals surface area contributed by atoms with Gasteiger partial charge < -0.3 is 0 Å². The Morgan fingerprint density at radius 1 is 1.17 bits per heavy atom. The summed E-state index contributed by atoms with van der Waals surface area (Å²) in [4.78, 5) is 4.59. The zero-order valence-corrected chi connectivity index (χ0v) is 15.3. The molecule has 1 aliphatic rings. The van der Waals surface area contributed by atoms with E-state index in [-0.39, 0.29) is 12.1 Å². The number of thiazole rings is 1. The van der Waals surface area contributed by atoms with E-state index in [1.165, 1.54) is 0 Å². The number of hydrogen-bond acceptors (Lipinski definition) is 6. The smallest absolute Gasteiger partial charge is 0.217 e. The minimum absolute atomic E-state index is 0.124. The van der Waals surface area contributed by atoms with Gasteiger partial charge in [-0.1, -0.05) is 30.3 Å². The standard InChI is InChI=1S/C16H22N4O2S2/c1-11-15(12(2)20-19-11)24(21,22)17-9-8-14-10-23-16(18-14)13-6-4-3-5-7-13/h3-7,10-12,15,17,19-20H,8-9H2,1-2H3. The Bertz CT molecular complexity index is 766. The topological polar surface area (TPSA) is 83.1 Å². The van der Waals surface area contributed by atoms with Crippen molar-refractivity contribution in [1.82, 2.24) is 20.6 Å². The third-order valence-corrected chi connectivity index (χ3v) is 7.22. The molecule has 2 unspecified atom stereocenters. The van der Waals surface area contributed by atoms with Crippen molar-refractivity contribution >= 4 is 21.4 Å². The molecule has 1 fully saturated rings. The second-order valence-electron chi connectivity index (χ2n) is 6.03. The molecule has 1 aromatic heterocycles. The maximum Gasteiger partial charge on any atom is 0.217 e. The summed E-state index contributed by atoms with van der Waals surface area (Å²) in [5, 5.41) is 2.47. The predicted octanol–water partition coefficient (Wildman–Crippen LogP) is 1.53. The zero-order chi connectivity index (χ0) is 17.2. The van der Waals surface area contributed by atoms with Crippen LogP contribution in [0.2, 0.25) is 0 Å². The molecule has 8 heteroatoms. The molecule has 3 rings (SSSR count). The van der Waals surface area contributed by atoms with Crippen molar-refractivity contribution < 1.29 is 8.42 Å². The Hall–Kier alpha value is -1.32. The van der Waals surface area contributed by atoms with Gasteiger partial charge in [-0.2, -0.15) is 0 Å². The van der Waals surface area contributed by atoms with Crippen molar-refractivity contribution in [2.75, 3.05) is 6.54 Å². The van der Waals surface area contributed by atoms with E-state index in [0.29, 0.717) is 13.0 Å². The summed E-state index contributed by atoms with van der Waals surface area (Å²) in [5.41, 5.74) is 7.94. The summed E-state index contributed by atoms with van der Waals surface area (Å²) in [7, 11) is -3.37. The van der Waals surface area contributed by atoms with Crippen LogP contribution < -0.4 is 15.6 Å². The van der Waals surface area contributed by atoms with E-state index in [0.717, 1.165) is 16.3 Å². The summed E-state index contributed by atoms with van der Waals surface area (Å²) < 4.78 is 27.6. The predicted molar refractivity (Wildman–Crippen MR) is 97.2 cm³/mol. The summed E-state index contributed by atoms with van der Waals surface area (Å²) in [5.74, 6) is 0. The molecule has 0 saturated carbocycles. The number of aromatic nitrogens is 1. The highest BCUT2D eigenvalue weighted by Crippen LogP contribution is 2.23. The van der Waals surface area contributed by atoms with Crippen LogP contribution in [-0.2, 0) is 16.4 Å². The molecule has 130 valence electrons. The van der Waals surface area contributed by atoms with Crippen molar-refractivity contribution in [2.45, 2.75) is 37.6 Å². The van der Waals surface area contributed by atoms with Crippen molar-refractivity contribution in [2.24, 2.45) is 0 Å². The first-order valence-corrected chi connectivity index (χ1v) is 10.4. The molecule has 0 bridgehead atoms. The molecule has 0 aliphatic carbocycles. The molecule has 2 heterocycles. The summed E-state index contributed by atoms with van der Waals surface area (Å²) >= 11 is 1.58. The number of nitrogens with zero attached hydrogens (tertiary/aromatic N) is 1. The highest BCUT2D eigenvalue weighted by molar-refractivity contribution is 7.90. The molecule has 0 spiro atoms. The fraction of sp³-hybridized carbons (Fsp3) is 0.438. The molecule has 1 saturated heterocycles. The molecule has 6 nitrogen and oxygen atoms in total. The summed E-state index contributed by atoms with van der Waals surface area (Å²) in [6.07, 6.45) is 0.582. The fourth-order valence-corrected chi connectivity index (χ4v) is 5.60. The van der Waals surface area contributed by atoms with Gasteiger partial charge in [-0.15, -0.1) is 11.3 Å². The molecule has 2 aromatic rings. The van der Waals surface area contributed by atoms with Crippen LogP contribution in [0.4, 0.5) is 0 Å². The van der Waals surface area contributed by atoms with Crippen LogP contribution in [0.1, 0.15) is 19.5 Å². The number of nitrogens with one attached hydrogen (secondary N) is 3. The van der Waals surface area contributed by atoms with Crippen molar-refractivity contribution in [3.63, 3.8) is 0 Å². The van der Waals surface area contributed by atoms with Crippen LogP contribution in [0.5, 0.6) is 0 Å². The van der Waals surface area contributed by atoms with E-state index in [9.17, 15) is 8.42 Å². The van der Waals surface area contributed by atoms with E-state index in [1.54, 1.807) is 11.3 Å². The van der Waals surface area contributed by atoms with Crippen molar-refractivity contribution in [1.29, 1.82) is 0 Å². The van der Waals surface area contributed by atoms with Gasteiger partial charge >= 0.3 is 0 Å². The third kappa shape index (κ3) is 3.84. The van der Waals surface area contributed by atoms with Gasteiger partial charge in [0.15, 0.2) is 0 Å². The van der Waals surface area contributed by atoms with Crippen molar-refractivity contribution in [3.05, 3.63) is 41.4 Å². The molecule has 3 N–H and O–H groups in total. The highest BCUT2D eigenvalue weighted by atomic mass is 32.2. The van der Waals surface area contributed by atoms with Gasteiger partial charge in [0.25, 0.3) is 0 Å². The third-order valence-electron chi connectivity index (χ3n) is 4.14. The van der Waals surface area contributed by atoms with Crippen molar-refractivity contribution in [3.8, 4) is 10.6 Å². The number of benzene rings is 1. The maximum absolute atomic E-state index is 12.5. The first kappa shape index (κ1) is 17.5. The average Bonchev–Trinajstić information content (AvgIpc) is 3.15. The van der Waals surface area contributed by atoms with Crippen LogP contribution in [0.3, 0.4) is 0 Å². The van der Waals surface area contributed by atoms with Gasteiger partial charge in [-0.3, -0.25) is 10.9 Å². The van der Waals surface area contributed by atoms with Gasteiger partial charge in [-0.25, -0.2) is 18.1 Å². The Labute approximate surface area is 146 Å². The maximum atomic E-state index is 12.5. The van der Waals surface area contributed by atoms with E-state index >= 15 is 0 Å². The van der Waals surface area contributed by atoms with E-state index < -0.39 is 15.3 Å². The normalized spacial score (nSPS) is 24.3. The molecule has 0 amide bonds. The molecule has 1 aliphatic heterocycles. The van der Waals surface area contributed by atoms with Gasteiger partial charge in [0, 0.05) is 36.0 Å². The zero-order valence-electron chi connectivity index (χ0n) is 13.7. The molecular weight excluding hydrogens is 344 g/mol. The van der Waals surface area contributed by atoms with E-state index in [4.69, 9.17) is 0 Å². The first-order valence-electron chi connectivity index (χ1n) is 7.97. The van der Waals surface area contributed by atoms with Crippen LogP contribution in [0, 0.1) is 0 Å². The molecular formula is C16H22N4O2S2. The first-order chi connectivity index (χ1) is 11.5. The summed E-state index contributed by atoms with van der Waals surface area (Å²) in [6, 6.07) is 9.74. The molecule has 2 atom stereocenters. The average molecular weight is 367 g/mol. The van der Waals surface area contributed by atoms with Gasteiger partial charge in [-0.05, 0) is 13.8 Å². The van der Waals surface area contributed by atoms with Gasteiger partial charge in [0.05, 0.1) is 5.69 Å². The van der Waals surface area contributed by atoms with Gasteiger partial charge in [0.2, 0.25) is 10.0 Å². The number of rotatable bonds is 6. The number of hydrazine groups is 1. The summed E-state index contributed by atoms with van der Waals surface area (Å²) in [6.45, 7) is 4.09. The lowest BCUT2D eigenvalue weighted by molar-refractivity contribution is 0.545. The monoisotopic (exact) mass is 366 g/mol. The van der Waals surface area contributed by atoms with Crippen LogP contribution in [-0.4, -0.2) is 37.3 Å². The fourth-order valence-electron chi connectivity index (χ4n) is 2.95. The second kappa shape index (κ2) is 7.28. The largest absolute Gasteiger partial charge is 0.253 e. The quantitative estimate of drug-likeness (QED) is 0.722. The Morgan fingerprint density at radius 2 is 1.83 bits per heavy atom. The lowest BCUT2D eigenvalue weighted by Crippen LogP contribution is -2.45. The minimum atomic E-state index is -3.37. The Morgan fingerprint density at radius 3 is 2.50 bits per heavy atom. The van der Waals surface area contributed by atoms with E-state index in [2.05, 4.69) is 20.6 Å². The Balaban J connectivity index is 1.58. The molecule has 1 aromatic carbocycles.